The van der Waals surface area contributed by atoms with Crippen LogP contribution in [-0.4, -0.2) is 25.5 Å². The average Bonchev–Trinajstić information content (AvgIpc) is 3.20. The quantitative estimate of drug-likeness (QED) is 0.497. The molecule has 2 aliphatic rings. The van der Waals surface area contributed by atoms with Gasteiger partial charge in [0, 0.05) is 17.9 Å². The maximum atomic E-state index is 12.4. The van der Waals surface area contributed by atoms with Gasteiger partial charge < -0.3 is 5.11 Å². The average molecular weight is 390 g/mol. The van der Waals surface area contributed by atoms with Gasteiger partial charge in [0.25, 0.3) is 0 Å². The number of allylic oxidation sites excluding steroid dienone is 2. The zero-order valence-electron chi connectivity index (χ0n) is 15.3. The number of carboxylic acid groups (broad SMARTS) is 1. The summed E-state index contributed by atoms with van der Waals surface area (Å²) in [5.41, 5.74) is 0.859. The largest absolute Gasteiger partial charge is 0.481 e. The van der Waals surface area contributed by atoms with Gasteiger partial charge in [0.15, 0.2) is 0 Å². The maximum Gasteiger partial charge on any atom is 0.303 e. The van der Waals surface area contributed by atoms with Gasteiger partial charge in [-0.1, -0.05) is 42.5 Å². The number of carboxylic acids is 1. The lowest BCUT2D eigenvalue weighted by molar-refractivity contribution is -0.137. The monoisotopic (exact) mass is 389 g/mol. The SMILES string of the molecule is O=C(O)CCC/C=C/C1CC2CC(NS(=O)(=O)/C=C/c3ccccc3)C1C2. The number of aliphatic carboxylic acids is 1. The van der Waals surface area contributed by atoms with E-state index in [-0.39, 0.29) is 12.5 Å². The first-order valence-corrected chi connectivity index (χ1v) is 11.1. The molecule has 0 aliphatic heterocycles. The molecule has 6 heteroatoms. The lowest BCUT2D eigenvalue weighted by atomic mass is 9.85. The summed E-state index contributed by atoms with van der Waals surface area (Å²) in [7, 11) is -3.47. The fraction of sp³-hybridized carbons (Fsp3) is 0.476. The van der Waals surface area contributed by atoms with Crippen LogP contribution >= 0.6 is 0 Å². The molecule has 0 amide bonds. The lowest BCUT2D eigenvalue weighted by Crippen LogP contribution is -2.40. The maximum absolute atomic E-state index is 12.4. The van der Waals surface area contributed by atoms with E-state index in [0.717, 1.165) is 31.2 Å². The predicted octanol–water partition coefficient (Wildman–Crippen LogP) is 3.80. The summed E-state index contributed by atoms with van der Waals surface area (Å²) < 4.78 is 27.7. The van der Waals surface area contributed by atoms with Crippen LogP contribution < -0.4 is 4.72 Å². The van der Waals surface area contributed by atoms with Crippen molar-refractivity contribution < 1.29 is 18.3 Å². The Kier molecular flexibility index (Phi) is 6.50. The summed E-state index contributed by atoms with van der Waals surface area (Å²) in [4.78, 5) is 10.5. The van der Waals surface area contributed by atoms with Crippen molar-refractivity contribution in [2.45, 2.75) is 44.6 Å². The first-order valence-electron chi connectivity index (χ1n) is 9.57. The van der Waals surface area contributed by atoms with E-state index in [0.29, 0.717) is 24.2 Å². The van der Waals surface area contributed by atoms with Gasteiger partial charge in [0.05, 0.1) is 0 Å². The standard InChI is InChI=1S/C21H27NO4S/c23-21(24)10-6-2-5-9-18-13-17-14-19(18)20(15-17)22-27(25,26)12-11-16-7-3-1-4-8-16/h1,3-5,7-9,11-12,17-20,22H,2,6,10,13-15H2,(H,23,24)/b9-5+,12-11+. The summed E-state index contributed by atoms with van der Waals surface area (Å²) in [6, 6.07) is 9.38. The lowest BCUT2D eigenvalue weighted by Gasteiger charge is -2.27. The van der Waals surface area contributed by atoms with Crippen molar-refractivity contribution in [1.29, 1.82) is 0 Å². The molecule has 2 fully saturated rings. The Morgan fingerprint density at radius 3 is 2.67 bits per heavy atom. The number of rotatable bonds is 9. The molecule has 0 spiro atoms. The first-order chi connectivity index (χ1) is 12.9. The molecule has 2 N–H and O–H groups in total. The fourth-order valence-electron chi connectivity index (χ4n) is 4.39. The molecule has 27 heavy (non-hydrogen) atoms. The molecular formula is C21H27NO4S. The molecule has 0 heterocycles. The highest BCUT2D eigenvalue weighted by atomic mass is 32.2. The van der Waals surface area contributed by atoms with E-state index in [1.807, 2.05) is 30.3 Å². The third kappa shape index (κ3) is 5.78. The zero-order chi connectivity index (χ0) is 19.3. The van der Waals surface area contributed by atoms with Crippen LogP contribution in [0.5, 0.6) is 0 Å². The highest BCUT2D eigenvalue weighted by Gasteiger charge is 2.46. The van der Waals surface area contributed by atoms with Crippen LogP contribution in [0.25, 0.3) is 6.08 Å². The highest BCUT2D eigenvalue weighted by molar-refractivity contribution is 7.92. The number of hydrogen-bond acceptors (Lipinski definition) is 3. The normalized spacial score (nSPS) is 27.7. The van der Waals surface area contributed by atoms with Crippen LogP contribution in [0, 0.1) is 17.8 Å². The molecule has 4 atom stereocenters. The smallest absolute Gasteiger partial charge is 0.303 e. The minimum absolute atomic E-state index is 0.0113. The fourth-order valence-corrected chi connectivity index (χ4v) is 5.49. The summed E-state index contributed by atoms with van der Waals surface area (Å²) in [5.74, 6) is 0.542. The minimum Gasteiger partial charge on any atom is -0.481 e. The summed E-state index contributed by atoms with van der Waals surface area (Å²) in [5, 5.41) is 9.93. The minimum atomic E-state index is -3.47. The van der Waals surface area contributed by atoms with Crippen molar-refractivity contribution in [3.8, 4) is 0 Å². The number of hydrogen-bond donors (Lipinski definition) is 2. The third-order valence-corrected chi connectivity index (χ3v) is 6.69. The van der Waals surface area contributed by atoms with Gasteiger partial charge in [-0.05, 0) is 61.5 Å². The Bertz CT molecular complexity index is 801. The molecule has 0 radical (unpaired) electrons. The van der Waals surface area contributed by atoms with Gasteiger partial charge >= 0.3 is 5.97 Å². The van der Waals surface area contributed by atoms with Crippen molar-refractivity contribution in [2.75, 3.05) is 0 Å². The Morgan fingerprint density at radius 1 is 1.19 bits per heavy atom. The van der Waals surface area contributed by atoms with Crippen molar-refractivity contribution >= 4 is 22.1 Å². The van der Waals surface area contributed by atoms with Crippen molar-refractivity contribution in [1.82, 2.24) is 4.72 Å². The van der Waals surface area contributed by atoms with Gasteiger partial charge in [-0.3, -0.25) is 4.79 Å². The van der Waals surface area contributed by atoms with Crippen LogP contribution in [0.4, 0.5) is 0 Å². The van der Waals surface area contributed by atoms with E-state index >= 15 is 0 Å². The van der Waals surface area contributed by atoms with Gasteiger partial charge in [-0.15, -0.1) is 0 Å². The molecule has 0 aromatic heterocycles. The van der Waals surface area contributed by atoms with E-state index in [9.17, 15) is 13.2 Å². The number of sulfonamides is 1. The molecule has 2 aliphatic carbocycles. The third-order valence-electron chi connectivity index (χ3n) is 5.56. The first kappa shape index (κ1) is 19.8. The summed E-state index contributed by atoms with van der Waals surface area (Å²) >= 11 is 0. The van der Waals surface area contributed by atoms with Crippen molar-refractivity contribution in [3.05, 3.63) is 53.5 Å². The van der Waals surface area contributed by atoms with E-state index < -0.39 is 16.0 Å². The second kappa shape index (κ2) is 8.85. The van der Waals surface area contributed by atoms with Gasteiger partial charge in [0.1, 0.15) is 0 Å². The van der Waals surface area contributed by atoms with Crippen LogP contribution in [0.2, 0.25) is 0 Å². The van der Waals surface area contributed by atoms with E-state index in [1.54, 1.807) is 6.08 Å². The Labute approximate surface area is 161 Å². The molecule has 5 nitrogen and oxygen atoms in total. The van der Waals surface area contributed by atoms with Crippen molar-refractivity contribution in [2.24, 2.45) is 17.8 Å². The van der Waals surface area contributed by atoms with E-state index in [2.05, 4.69) is 16.9 Å². The second-order valence-corrected chi connectivity index (χ2v) is 9.20. The second-order valence-electron chi connectivity index (χ2n) is 7.60. The molecule has 2 saturated carbocycles. The molecule has 146 valence electrons. The van der Waals surface area contributed by atoms with Gasteiger partial charge in [0.2, 0.25) is 10.0 Å². The Morgan fingerprint density at radius 2 is 1.96 bits per heavy atom. The van der Waals surface area contributed by atoms with Gasteiger partial charge in [-0.2, -0.15) is 0 Å². The predicted molar refractivity (Wildman–Crippen MR) is 106 cm³/mol. The number of carbonyl (C=O) groups is 1. The topological polar surface area (TPSA) is 83.5 Å². The zero-order valence-corrected chi connectivity index (χ0v) is 16.1. The molecule has 1 aromatic carbocycles. The summed E-state index contributed by atoms with van der Waals surface area (Å²) in [6.07, 6.45) is 10.5. The van der Waals surface area contributed by atoms with E-state index in [1.165, 1.54) is 5.41 Å². The van der Waals surface area contributed by atoms with Crippen molar-refractivity contribution in [3.63, 3.8) is 0 Å². The molecule has 4 unspecified atom stereocenters. The number of fused-ring (bicyclic) bond motifs is 2. The molecule has 2 bridgehead atoms. The van der Waals surface area contributed by atoms with Crippen LogP contribution in [0.3, 0.4) is 0 Å². The van der Waals surface area contributed by atoms with Crippen LogP contribution in [0.1, 0.15) is 44.1 Å². The number of benzene rings is 1. The molecule has 0 saturated heterocycles. The van der Waals surface area contributed by atoms with E-state index in [4.69, 9.17) is 5.11 Å². The number of nitrogens with one attached hydrogen (secondary N) is 1. The van der Waals surface area contributed by atoms with Gasteiger partial charge in [-0.25, -0.2) is 13.1 Å². The van der Waals surface area contributed by atoms with Crippen LogP contribution in [-0.2, 0) is 14.8 Å². The molecular weight excluding hydrogens is 362 g/mol. The molecule has 3 rings (SSSR count). The Hall–Kier alpha value is -1.92. The number of unbranched alkanes of at least 4 members (excludes halogenated alkanes) is 1. The Balaban J connectivity index is 1.54. The summed E-state index contributed by atoms with van der Waals surface area (Å²) in [6.45, 7) is 0. The highest BCUT2D eigenvalue weighted by Crippen LogP contribution is 2.49. The van der Waals surface area contributed by atoms with Crippen LogP contribution in [0.15, 0.2) is 47.9 Å². The molecule has 1 aromatic rings.